The molecule has 0 bridgehead atoms. The fourth-order valence-electron chi connectivity index (χ4n) is 2.25. The molecule has 16 heavy (non-hydrogen) atoms. The van der Waals surface area contributed by atoms with Gasteiger partial charge in [0.05, 0.1) is 5.69 Å². The summed E-state index contributed by atoms with van der Waals surface area (Å²) in [7, 11) is 0. The van der Waals surface area contributed by atoms with Gasteiger partial charge in [-0.25, -0.2) is 4.98 Å². The third-order valence-electron chi connectivity index (χ3n) is 3.51. The van der Waals surface area contributed by atoms with Crippen LogP contribution >= 0.6 is 0 Å². The Bertz CT molecular complexity index is 318. The van der Waals surface area contributed by atoms with Gasteiger partial charge in [-0.15, -0.1) is 0 Å². The molecule has 2 rings (SSSR count). The maximum absolute atomic E-state index is 5.51. The summed E-state index contributed by atoms with van der Waals surface area (Å²) in [4.78, 5) is 8.03. The van der Waals surface area contributed by atoms with Crippen molar-refractivity contribution in [1.29, 1.82) is 0 Å². The lowest BCUT2D eigenvalue weighted by molar-refractivity contribution is 0.116. The quantitative estimate of drug-likeness (QED) is 0.795. The summed E-state index contributed by atoms with van der Waals surface area (Å²) in [6, 6.07) is 0. The van der Waals surface area contributed by atoms with Gasteiger partial charge in [0, 0.05) is 12.3 Å². The molecule has 1 aliphatic rings. The molecule has 2 atom stereocenters. The van der Waals surface area contributed by atoms with Crippen molar-refractivity contribution in [2.24, 2.45) is 11.8 Å². The van der Waals surface area contributed by atoms with Crippen molar-refractivity contribution in [2.45, 2.75) is 46.6 Å². The molecule has 90 valence electrons. The number of H-pyrrole nitrogens is 1. The van der Waals surface area contributed by atoms with Crippen LogP contribution in [0.3, 0.4) is 0 Å². The highest BCUT2D eigenvalue weighted by Gasteiger charge is 2.24. The average molecular weight is 222 g/mol. The van der Waals surface area contributed by atoms with Gasteiger partial charge in [-0.1, -0.05) is 20.8 Å². The van der Waals surface area contributed by atoms with E-state index in [1.54, 1.807) is 0 Å². The van der Waals surface area contributed by atoms with Crippen LogP contribution in [0.4, 0.5) is 0 Å². The lowest BCUT2D eigenvalue weighted by Gasteiger charge is -2.24. The first-order chi connectivity index (χ1) is 7.70. The molecule has 0 aliphatic heterocycles. The van der Waals surface area contributed by atoms with Crippen LogP contribution in [-0.4, -0.2) is 16.6 Å². The van der Waals surface area contributed by atoms with Crippen molar-refractivity contribution in [3.05, 3.63) is 17.2 Å². The van der Waals surface area contributed by atoms with E-state index in [-0.39, 0.29) is 0 Å². The zero-order chi connectivity index (χ0) is 11.5. The number of aromatic nitrogens is 2. The van der Waals surface area contributed by atoms with Crippen LogP contribution in [0.1, 0.15) is 44.4 Å². The van der Waals surface area contributed by atoms with E-state index in [0.29, 0.717) is 6.61 Å². The molecule has 2 unspecified atom stereocenters. The summed E-state index contributed by atoms with van der Waals surface area (Å²) in [5, 5.41) is 0. The Morgan fingerprint density at radius 3 is 2.81 bits per heavy atom. The molecule has 1 aromatic heterocycles. The highest BCUT2D eigenvalue weighted by Crippen LogP contribution is 2.28. The molecule has 3 nitrogen and oxygen atoms in total. The maximum atomic E-state index is 5.51. The zero-order valence-corrected chi connectivity index (χ0v) is 10.5. The number of ether oxygens (including phenoxy) is 1. The molecular formula is C13H22N2O. The Kier molecular flexibility index (Phi) is 3.64. The van der Waals surface area contributed by atoms with E-state index in [1.807, 2.05) is 0 Å². The highest BCUT2D eigenvalue weighted by molar-refractivity contribution is 5.19. The number of hydrogen-bond donors (Lipinski definition) is 1. The molecule has 0 saturated heterocycles. The topological polar surface area (TPSA) is 37.9 Å². The first kappa shape index (κ1) is 11.6. The fraction of sp³-hybridized carbons (Fsp3) is 0.769. The molecule has 3 heteroatoms. The summed E-state index contributed by atoms with van der Waals surface area (Å²) in [6.45, 7) is 8.20. The Labute approximate surface area is 97.6 Å². The van der Waals surface area contributed by atoms with Crippen LogP contribution in [-0.2, 0) is 24.2 Å². The number of nitrogens with one attached hydrogen (secondary N) is 1. The van der Waals surface area contributed by atoms with Crippen molar-refractivity contribution in [2.75, 3.05) is 6.61 Å². The number of aromatic amines is 1. The SMILES string of the molecule is CCCOCc1nc2c([nH]1)CC(C)C(C)C2. The van der Waals surface area contributed by atoms with Gasteiger partial charge in [0.25, 0.3) is 0 Å². The van der Waals surface area contributed by atoms with Crippen LogP contribution in [0.2, 0.25) is 0 Å². The summed E-state index contributed by atoms with van der Waals surface area (Å²) in [5.41, 5.74) is 2.60. The van der Waals surface area contributed by atoms with Gasteiger partial charge < -0.3 is 9.72 Å². The van der Waals surface area contributed by atoms with Crippen molar-refractivity contribution < 1.29 is 4.74 Å². The minimum absolute atomic E-state index is 0.629. The van der Waals surface area contributed by atoms with Crippen molar-refractivity contribution in [1.82, 2.24) is 9.97 Å². The second-order valence-electron chi connectivity index (χ2n) is 5.02. The maximum Gasteiger partial charge on any atom is 0.132 e. The van der Waals surface area contributed by atoms with E-state index in [2.05, 4.69) is 30.7 Å². The predicted octanol–water partition coefficient (Wildman–Crippen LogP) is 2.71. The van der Waals surface area contributed by atoms with Crippen molar-refractivity contribution in [3.63, 3.8) is 0 Å². The van der Waals surface area contributed by atoms with Gasteiger partial charge in [0.2, 0.25) is 0 Å². The number of rotatable bonds is 4. The fourth-order valence-corrected chi connectivity index (χ4v) is 2.25. The van der Waals surface area contributed by atoms with Crippen LogP contribution in [0.25, 0.3) is 0 Å². The van der Waals surface area contributed by atoms with Gasteiger partial charge in [0.15, 0.2) is 0 Å². The highest BCUT2D eigenvalue weighted by atomic mass is 16.5. The van der Waals surface area contributed by atoms with E-state index in [4.69, 9.17) is 4.74 Å². The van der Waals surface area contributed by atoms with Gasteiger partial charge in [-0.3, -0.25) is 0 Å². The minimum Gasteiger partial charge on any atom is -0.374 e. The van der Waals surface area contributed by atoms with Gasteiger partial charge >= 0.3 is 0 Å². The van der Waals surface area contributed by atoms with Crippen LogP contribution in [0.5, 0.6) is 0 Å². The molecule has 1 aliphatic carbocycles. The normalized spacial score (nSPS) is 24.4. The van der Waals surface area contributed by atoms with E-state index in [0.717, 1.165) is 43.5 Å². The number of imidazole rings is 1. The molecule has 0 aromatic carbocycles. The largest absolute Gasteiger partial charge is 0.374 e. The standard InChI is InChI=1S/C13H22N2O/c1-4-5-16-8-13-14-11-6-9(2)10(3)7-12(11)15-13/h9-10H,4-8H2,1-3H3,(H,14,15). The Balaban J connectivity index is 2.01. The first-order valence-corrected chi connectivity index (χ1v) is 6.35. The molecule has 1 heterocycles. The molecule has 0 spiro atoms. The van der Waals surface area contributed by atoms with E-state index < -0.39 is 0 Å². The smallest absolute Gasteiger partial charge is 0.132 e. The van der Waals surface area contributed by atoms with Crippen LogP contribution in [0.15, 0.2) is 0 Å². The second-order valence-corrected chi connectivity index (χ2v) is 5.02. The molecule has 0 amide bonds. The third kappa shape index (κ3) is 2.46. The predicted molar refractivity (Wildman–Crippen MR) is 64.3 cm³/mol. The first-order valence-electron chi connectivity index (χ1n) is 6.35. The van der Waals surface area contributed by atoms with Crippen molar-refractivity contribution >= 4 is 0 Å². The molecule has 0 radical (unpaired) electrons. The van der Waals surface area contributed by atoms with Crippen LogP contribution in [0, 0.1) is 11.8 Å². The Hall–Kier alpha value is -0.830. The Morgan fingerprint density at radius 1 is 1.31 bits per heavy atom. The Morgan fingerprint density at radius 2 is 2.06 bits per heavy atom. The third-order valence-corrected chi connectivity index (χ3v) is 3.51. The second kappa shape index (κ2) is 5.00. The van der Waals surface area contributed by atoms with Gasteiger partial charge in [-0.2, -0.15) is 0 Å². The summed E-state index contributed by atoms with van der Waals surface area (Å²) in [5.74, 6) is 2.51. The lowest BCUT2D eigenvalue weighted by Crippen LogP contribution is -2.20. The summed E-state index contributed by atoms with van der Waals surface area (Å²) < 4.78 is 5.51. The molecule has 1 aromatic rings. The monoisotopic (exact) mass is 222 g/mol. The molecular weight excluding hydrogens is 200 g/mol. The number of nitrogens with zero attached hydrogens (tertiary/aromatic N) is 1. The zero-order valence-electron chi connectivity index (χ0n) is 10.5. The molecule has 1 N–H and O–H groups in total. The minimum atomic E-state index is 0.629. The summed E-state index contributed by atoms with van der Waals surface area (Å²) in [6.07, 6.45) is 3.31. The lowest BCUT2D eigenvalue weighted by atomic mass is 9.82. The average Bonchev–Trinajstić information content (AvgIpc) is 2.61. The number of fused-ring (bicyclic) bond motifs is 1. The molecule has 0 fully saturated rings. The van der Waals surface area contributed by atoms with E-state index in [1.165, 1.54) is 11.4 Å². The summed E-state index contributed by atoms with van der Waals surface area (Å²) >= 11 is 0. The molecule has 0 saturated carbocycles. The van der Waals surface area contributed by atoms with E-state index >= 15 is 0 Å². The van der Waals surface area contributed by atoms with E-state index in [9.17, 15) is 0 Å². The number of hydrogen-bond acceptors (Lipinski definition) is 2. The van der Waals surface area contributed by atoms with Gasteiger partial charge in [0.1, 0.15) is 12.4 Å². The van der Waals surface area contributed by atoms with Crippen molar-refractivity contribution in [3.8, 4) is 0 Å². The van der Waals surface area contributed by atoms with Gasteiger partial charge in [-0.05, 0) is 31.1 Å². The van der Waals surface area contributed by atoms with Crippen LogP contribution < -0.4 is 0 Å².